The highest BCUT2D eigenvalue weighted by Gasteiger charge is 2.31. The van der Waals surface area contributed by atoms with Gasteiger partial charge in [-0.2, -0.15) is 0 Å². The van der Waals surface area contributed by atoms with Crippen LogP contribution in [0.2, 0.25) is 0 Å². The molecule has 2 rings (SSSR count). The molecule has 2 heterocycles. The number of nitrogens with zero attached hydrogens (tertiary/aromatic N) is 2. The molecule has 0 N–H and O–H groups in total. The molecule has 132 valence electrons. The first kappa shape index (κ1) is 18.2. The summed E-state index contributed by atoms with van der Waals surface area (Å²) in [6.07, 6.45) is 3.83. The second-order valence-electron chi connectivity index (χ2n) is 6.54. The van der Waals surface area contributed by atoms with E-state index in [9.17, 15) is 9.59 Å². The third-order valence-corrected chi connectivity index (χ3v) is 4.90. The van der Waals surface area contributed by atoms with Crippen molar-refractivity contribution in [3.63, 3.8) is 0 Å². The van der Waals surface area contributed by atoms with Gasteiger partial charge in [-0.15, -0.1) is 0 Å². The summed E-state index contributed by atoms with van der Waals surface area (Å²) < 4.78 is 10.3. The number of rotatable bonds is 6. The van der Waals surface area contributed by atoms with Gasteiger partial charge in [0.15, 0.2) is 0 Å². The quantitative estimate of drug-likeness (QED) is 0.735. The molecule has 6 heteroatoms. The van der Waals surface area contributed by atoms with Crippen LogP contribution in [0.1, 0.15) is 32.6 Å². The third-order valence-electron chi connectivity index (χ3n) is 4.90. The maximum Gasteiger partial charge on any atom is 0.248 e. The molecule has 0 aromatic carbocycles. The van der Waals surface area contributed by atoms with Crippen LogP contribution in [0.3, 0.4) is 0 Å². The van der Waals surface area contributed by atoms with Crippen LogP contribution in [-0.4, -0.2) is 74.7 Å². The van der Waals surface area contributed by atoms with Crippen molar-refractivity contribution in [2.75, 3.05) is 53.1 Å². The fraction of sp³-hybridized carbons (Fsp3) is 0.882. The number of methoxy groups -OCH3 is 1. The van der Waals surface area contributed by atoms with Gasteiger partial charge in [0, 0.05) is 46.5 Å². The second-order valence-corrected chi connectivity index (χ2v) is 6.54. The van der Waals surface area contributed by atoms with Crippen molar-refractivity contribution < 1.29 is 19.1 Å². The Morgan fingerprint density at radius 1 is 1.26 bits per heavy atom. The lowest BCUT2D eigenvalue weighted by Gasteiger charge is -2.36. The lowest BCUT2D eigenvalue weighted by molar-refractivity contribution is -0.143. The Morgan fingerprint density at radius 3 is 2.65 bits per heavy atom. The first-order valence-corrected chi connectivity index (χ1v) is 8.79. The Kier molecular flexibility index (Phi) is 7.30. The molecular weight excluding hydrogens is 296 g/mol. The molecule has 0 aliphatic carbocycles. The number of amides is 2. The van der Waals surface area contributed by atoms with Gasteiger partial charge in [-0.1, -0.05) is 0 Å². The number of ether oxygens (including phenoxy) is 2. The number of piperidine rings is 1. The van der Waals surface area contributed by atoms with Gasteiger partial charge in [-0.3, -0.25) is 9.59 Å². The molecule has 6 nitrogen and oxygen atoms in total. The molecule has 1 atom stereocenters. The zero-order valence-corrected chi connectivity index (χ0v) is 14.5. The van der Waals surface area contributed by atoms with Crippen molar-refractivity contribution in [1.82, 2.24) is 9.80 Å². The standard InChI is InChI=1S/C17H30N2O4/c1-3-18(11-14-6-9-23-10-7-14)17(21)15-5-4-8-19(12-15)16(20)13-22-2/h14-15H,3-13H2,1-2H3. The predicted octanol–water partition coefficient (Wildman–Crippen LogP) is 1.15. The zero-order chi connectivity index (χ0) is 16.7. The maximum absolute atomic E-state index is 12.9. The highest BCUT2D eigenvalue weighted by atomic mass is 16.5. The van der Waals surface area contributed by atoms with Gasteiger partial charge in [0.25, 0.3) is 0 Å². The molecule has 1 unspecified atom stereocenters. The molecule has 2 saturated heterocycles. The van der Waals surface area contributed by atoms with Crippen LogP contribution in [0.5, 0.6) is 0 Å². The Hall–Kier alpha value is -1.14. The summed E-state index contributed by atoms with van der Waals surface area (Å²) in [7, 11) is 1.52. The van der Waals surface area contributed by atoms with Crippen molar-refractivity contribution in [3.8, 4) is 0 Å². The molecule has 0 radical (unpaired) electrons. The largest absolute Gasteiger partial charge is 0.381 e. The molecule has 2 aliphatic heterocycles. The Balaban J connectivity index is 1.89. The molecule has 2 aliphatic rings. The van der Waals surface area contributed by atoms with Gasteiger partial charge in [-0.25, -0.2) is 0 Å². The molecule has 2 amide bonds. The van der Waals surface area contributed by atoms with Crippen molar-refractivity contribution >= 4 is 11.8 Å². The van der Waals surface area contributed by atoms with E-state index in [0.29, 0.717) is 12.5 Å². The molecule has 2 fully saturated rings. The minimum absolute atomic E-state index is 0.0162. The van der Waals surface area contributed by atoms with Gasteiger partial charge < -0.3 is 19.3 Å². The third kappa shape index (κ3) is 5.18. The molecule has 0 aromatic heterocycles. The van der Waals surface area contributed by atoms with E-state index in [-0.39, 0.29) is 24.3 Å². The van der Waals surface area contributed by atoms with Gasteiger partial charge in [-0.05, 0) is 38.5 Å². The van der Waals surface area contributed by atoms with E-state index in [0.717, 1.165) is 58.5 Å². The summed E-state index contributed by atoms with van der Waals surface area (Å²) in [5.74, 6) is 0.665. The normalized spacial score (nSPS) is 22.9. The van der Waals surface area contributed by atoms with E-state index in [2.05, 4.69) is 0 Å². The fourth-order valence-corrected chi connectivity index (χ4v) is 3.49. The van der Waals surface area contributed by atoms with Gasteiger partial charge in [0.1, 0.15) is 6.61 Å². The van der Waals surface area contributed by atoms with E-state index in [4.69, 9.17) is 9.47 Å². The second kappa shape index (κ2) is 9.23. The average molecular weight is 326 g/mol. The summed E-state index contributed by atoms with van der Waals surface area (Å²) >= 11 is 0. The summed E-state index contributed by atoms with van der Waals surface area (Å²) in [4.78, 5) is 28.6. The van der Waals surface area contributed by atoms with Gasteiger partial charge in [0.2, 0.25) is 11.8 Å². The monoisotopic (exact) mass is 326 g/mol. The van der Waals surface area contributed by atoms with Crippen LogP contribution in [-0.2, 0) is 19.1 Å². The number of likely N-dealkylation sites (tertiary alicyclic amines) is 1. The number of carbonyl (C=O) groups is 2. The summed E-state index contributed by atoms with van der Waals surface area (Å²) in [6, 6.07) is 0. The first-order chi connectivity index (χ1) is 11.2. The number of carbonyl (C=O) groups excluding carboxylic acids is 2. The maximum atomic E-state index is 12.9. The number of hydrogen-bond donors (Lipinski definition) is 0. The Labute approximate surface area is 139 Å². The topological polar surface area (TPSA) is 59.1 Å². The van der Waals surface area contributed by atoms with Crippen LogP contribution < -0.4 is 0 Å². The summed E-state index contributed by atoms with van der Waals surface area (Å²) in [5, 5.41) is 0. The van der Waals surface area contributed by atoms with Crippen LogP contribution >= 0.6 is 0 Å². The van der Waals surface area contributed by atoms with E-state index < -0.39 is 0 Å². The van der Waals surface area contributed by atoms with E-state index in [1.165, 1.54) is 7.11 Å². The molecule has 23 heavy (non-hydrogen) atoms. The highest BCUT2D eigenvalue weighted by molar-refractivity contribution is 5.82. The SMILES string of the molecule is CCN(CC1CCOCC1)C(=O)C1CCCN(C(=O)COC)C1. The lowest BCUT2D eigenvalue weighted by atomic mass is 9.94. The van der Waals surface area contributed by atoms with Crippen molar-refractivity contribution in [3.05, 3.63) is 0 Å². The van der Waals surface area contributed by atoms with Crippen LogP contribution in [0.4, 0.5) is 0 Å². The minimum atomic E-state index is -0.0654. The van der Waals surface area contributed by atoms with Crippen LogP contribution in [0.15, 0.2) is 0 Å². The summed E-state index contributed by atoms with van der Waals surface area (Å²) in [6.45, 7) is 6.57. The van der Waals surface area contributed by atoms with Crippen molar-refractivity contribution in [2.45, 2.75) is 32.6 Å². The molecule has 0 aromatic rings. The van der Waals surface area contributed by atoms with Gasteiger partial charge in [0.05, 0.1) is 5.92 Å². The van der Waals surface area contributed by atoms with E-state index >= 15 is 0 Å². The fourth-order valence-electron chi connectivity index (χ4n) is 3.49. The molecular formula is C17H30N2O4. The van der Waals surface area contributed by atoms with Crippen molar-refractivity contribution in [1.29, 1.82) is 0 Å². The smallest absolute Gasteiger partial charge is 0.248 e. The Morgan fingerprint density at radius 2 is 2.00 bits per heavy atom. The molecule has 0 saturated carbocycles. The van der Waals surface area contributed by atoms with E-state index in [1.54, 1.807) is 4.90 Å². The van der Waals surface area contributed by atoms with Crippen LogP contribution in [0, 0.1) is 11.8 Å². The van der Waals surface area contributed by atoms with Crippen LogP contribution in [0.25, 0.3) is 0 Å². The molecule has 0 bridgehead atoms. The van der Waals surface area contributed by atoms with Gasteiger partial charge >= 0.3 is 0 Å². The van der Waals surface area contributed by atoms with E-state index in [1.807, 2.05) is 11.8 Å². The number of hydrogen-bond acceptors (Lipinski definition) is 4. The minimum Gasteiger partial charge on any atom is -0.381 e. The lowest BCUT2D eigenvalue weighted by Crippen LogP contribution is -2.48. The first-order valence-electron chi connectivity index (χ1n) is 8.79. The highest BCUT2D eigenvalue weighted by Crippen LogP contribution is 2.22. The molecule has 0 spiro atoms. The van der Waals surface area contributed by atoms with Crippen molar-refractivity contribution in [2.24, 2.45) is 11.8 Å². The average Bonchev–Trinajstić information content (AvgIpc) is 2.60. The predicted molar refractivity (Wildman–Crippen MR) is 87.0 cm³/mol. The zero-order valence-electron chi connectivity index (χ0n) is 14.5. The summed E-state index contributed by atoms with van der Waals surface area (Å²) in [5.41, 5.74) is 0. The Bertz CT molecular complexity index is 396.